The average molecular weight is 250 g/mol. The topological polar surface area (TPSA) is 38.7 Å². The van der Waals surface area contributed by atoms with Crippen molar-refractivity contribution >= 4 is 0 Å². The molecule has 0 radical (unpaired) electrons. The summed E-state index contributed by atoms with van der Waals surface area (Å²) in [4.78, 5) is 0. The molecule has 1 aliphatic heterocycles. The highest BCUT2D eigenvalue weighted by atomic mass is 16.5. The fraction of sp³-hybridized carbons (Fsp3) is 0.600. The summed E-state index contributed by atoms with van der Waals surface area (Å²) < 4.78 is 10.8. The van der Waals surface area contributed by atoms with Crippen molar-refractivity contribution in [3.63, 3.8) is 0 Å². The third-order valence-corrected chi connectivity index (χ3v) is 3.94. The van der Waals surface area contributed by atoms with Crippen LogP contribution in [0, 0.1) is 19.8 Å². The molecular weight excluding hydrogens is 228 g/mol. The number of aryl methyl sites for hydroxylation is 1. The van der Waals surface area contributed by atoms with Crippen LogP contribution >= 0.6 is 0 Å². The number of ether oxygens (including phenoxy) is 2. The van der Waals surface area contributed by atoms with Gasteiger partial charge in [0, 0.05) is 18.8 Å². The SMILES string of the molecule is COc1c(C(O)C2CCOCC2)ccc(C)c1C. The van der Waals surface area contributed by atoms with Crippen molar-refractivity contribution in [3.8, 4) is 5.75 Å². The molecule has 100 valence electrons. The van der Waals surface area contributed by atoms with E-state index < -0.39 is 6.10 Å². The average Bonchev–Trinajstić information content (AvgIpc) is 2.42. The zero-order chi connectivity index (χ0) is 13.1. The van der Waals surface area contributed by atoms with Gasteiger partial charge in [-0.2, -0.15) is 0 Å². The summed E-state index contributed by atoms with van der Waals surface area (Å²) in [6.45, 7) is 5.58. The largest absolute Gasteiger partial charge is 0.496 e. The van der Waals surface area contributed by atoms with Crippen LogP contribution in [0.4, 0.5) is 0 Å². The molecule has 1 saturated heterocycles. The number of benzene rings is 1. The lowest BCUT2D eigenvalue weighted by atomic mass is 9.87. The Morgan fingerprint density at radius 3 is 2.56 bits per heavy atom. The maximum atomic E-state index is 10.5. The molecule has 0 saturated carbocycles. The summed E-state index contributed by atoms with van der Waals surface area (Å²) in [7, 11) is 1.67. The van der Waals surface area contributed by atoms with Crippen LogP contribution in [0.15, 0.2) is 12.1 Å². The van der Waals surface area contributed by atoms with Gasteiger partial charge in [-0.15, -0.1) is 0 Å². The summed E-state index contributed by atoms with van der Waals surface area (Å²) in [5.74, 6) is 1.10. The summed E-state index contributed by atoms with van der Waals surface area (Å²) in [5, 5.41) is 10.5. The maximum Gasteiger partial charge on any atom is 0.127 e. The Bertz CT molecular complexity index is 408. The second-order valence-corrected chi connectivity index (χ2v) is 5.02. The van der Waals surface area contributed by atoms with E-state index in [1.807, 2.05) is 13.0 Å². The van der Waals surface area contributed by atoms with Gasteiger partial charge in [0.1, 0.15) is 5.75 Å². The molecular formula is C15H22O3. The van der Waals surface area contributed by atoms with Crippen LogP contribution in [0.3, 0.4) is 0 Å². The molecule has 1 heterocycles. The van der Waals surface area contributed by atoms with E-state index in [2.05, 4.69) is 13.0 Å². The third kappa shape index (κ3) is 2.52. The van der Waals surface area contributed by atoms with E-state index in [1.165, 1.54) is 5.56 Å². The highest BCUT2D eigenvalue weighted by Gasteiger charge is 2.26. The summed E-state index contributed by atoms with van der Waals surface area (Å²) in [6, 6.07) is 4.04. The zero-order valence-electron chi connectivity index (χ0n) is 11.4. The molecule has 2 rings (SSSR count). The molecule has 0 amide bonds. The lowest BCUT2D eigenvalue weighted by molar-refractivity contribution is 0.00633. The molecule has 0 aromatic heterocycles. The minimum absolute atomic E-state index is 0.273. The third-order valence-electron chi connectivity index (χ3n) is 3.94. The fourth-order valence-corrected chi connectivity index (χ4v) is 2.60. The molecule has 1 N–H and O–H groups in total. The van der Waals surface area contributed by atoms with Gasteiger partial charge < -0.3 is 14.6 Å². The molecule has 1 fully saturated rings. The number of hydrogen-bond acceptors (Lipinski definition) is 3. The van der Waals surface area contributed by atoms with Gasteiger partial charge in [0.25, 0.3) is 0 Å². The molecule has 18 heavy (non-hydrogen) atoms. The van der Waals surface area contributed by atoms with E-state index in [0.717, 1.165) is 42.9 Å². The van der Waals surface area contributed by atoms with E-state index in [9.17, 15) is 5.11 Å². The Morgan fingerprint density at radius 2 is 1.94 bits per heavy atom. The van der Waals surface area contributed by atoms with E-state index in [0.29, 0.717) is 0 Å². The summed E-state index contributed by atoms with van der Waals surface area (Å²) in [5.41, 5.74) is 3.21. The quantitative estimate of drug-likeness (QED) is 0.896. The molecule has 1 aliphatic rings. The van der Waals surface area contributed by atoms with Gasteiger partial charge >= 0.3 is 0 Å². The number of methoxy groups -OCH3 is 1. The first kappa shape index (κ1) is 13.4. The highest BCUT2D eigenvalue weighted by Crippen LogP contribution is 2.37. The van der Waals surface area contributed by atoms with Crippen molar-refractivity contribution in [2.24, 2.45) is 5.92 Å². The molecule has 0 spiro atoms. The summed E-state index contributed by atoms with van der Waals surface area (Å²) >= 11 is 0. The predicted octanol–water partition coefficient (Wildman–Crippen LogP) is 2.77. The molecule has 0 aliphatic carbocycles. The maximum absolute atomic E-state index is 10.5. The number of aliphatic hydroxyl groups is 1. The number of rotatable bonds is 3. The van der Waals surface area contributed by atoms with E-state index in [-0.39, 0.29) is 5.92 Å². The van der Waals surface area contributed by atoms with Crippen molar-refractivity contribution < 1.29 is 14.6 Å². The van der Waals surface area contributed by atoms with Gasteiger partial charge in [-0.3, -0.25) is 0 Å². The van der Waals surface area contributed by atoms with Crippen LogP contribution in [-0.2, 0) is 4.74 Å². The normalized spacial score (nSPS) is 18.7. The molecule has 1 aromatic carbocycles. The Balaban J connectivity index is 2.28. The Kier molecular flexibility index (Phi) is 4.25. The first-order chi connectivity index (χ1) is 8.65. The minimum atomic E-state index is -0.455. The van der Waals surface area contributed by atoms with Crippen molar-refractivity contribution in [1.82, 2.24) is 0 Å². The van der Waals surface area contributed by atoms with Crippen LogP contribution in [0.5, 0.6) is 5.75 Å². The number of aliphatic hydroxyl groups excluding tert-OH is 1. The van der Waals surface area contributed by atoms with Crippen molar-refractivity contribution in [3.05, 3.63) is 28.8 Å². The minimum Gasteiger partial charge on any atom is -0.496 e. The first-order valence-corrected chi connectivity index (χ1v) is 6.55. The Hall–Kier alpha value is -1.06. The molecule has 0 bridgehead atoms. The lowest BCUT2D eigenvalue weighted by Gasteiger charge is -2.28. The smallest absolute Gasteiger partial charge is 0.127 e. The van der Waals surface area contributed by atoms with Crippen molar-refractivity contribution in [2.75, 3.05) is 20.3 Å². The molecule has 1 atom stereocenters. The van der Waals surface area contributed by atoms with Gasteiger partial charge in [0.15, 0.2) is 0 Å². The fourth-order valence-electron chi connectivity index (χ4n) is 2.60. The van der Waals surface area contributed by atoms with Crippen molar-refractivity contribution in [1.29, 1.82) is 0 Å². The molecule has 3 nitrogen and oxygen atoms in total. The van der Waals surface area contributed by atoms with E-state index in [1.54, 1.807) is 7.11 Å². The standard InChI is InChI=1S/C15H22O3/c1-10-4-5-13(15(17-3)11(10)2)14(16)12-6-8-18-9-7-12/h4-5,12,14,16H,6-9H2,1-3H3. The van der Waals surface area contributed by atoms with Crippen LogP contribution in [0.2, 0.25) is 0 Å². The van der Waals surface area contributed by atoms with Crippen LogP contribution < -0.4 is 4.74 Å². The van der Waals surface area contributed by atoms with Crippen LogP contribution in [0.25, 0.3) is 0 Å². The second kappa shape index (κ2) is 5.72. The number of hydrogen-bond donors (Lipinski definition) is 1. The Morgan fingerprint density at radius 1 is 1.28 bits per heavy atom. The predicted molar refractivity (Wildman–Crippen MR) is 71.0 cm³/mol. The van der Waals surface area contributed by atoms with Crippen LogP contribution in [0.1, 0.15) is 35.6 Å². The second-order valence-electron chi connectivity index (χ2n) is 5.02. The van der Waals surface area contributed by atoms with Gasteiger partial charge in [-0.05, 0) is 43.7 Å². The van der Waals surface area contributed by atoms with Gasteiger partial charge in [-0.1, -0.05) is 12.1 Å². The first-order valence-electron chi connectivity index (χ1n) is 6.55. The Labute approximate surface area is 109 Å². The molecule has 1 aromatic rings. The van der Waals surface area contributed by atoms with Gasteiger partial charge in [0.2, 0.25) is 0 Å². The molecule has 3 heteroatoms. The summed E-state index contributed by atoms with van der Waals surface area (Å²) in [6.07, 6.45) is 1.37. The molecule has 1 unspecified atom stereocenters. The lowest BCUT2D eigenvalue weighted by Crippen LogP contribution is -2.22. The van der Waals surface area contributed by atoms with Crippen LogP contribution in [-0.4, -0.2) is 25.4 Å². The van der Waals surface area contributed by atoms with Gasteiger partial charge in [0.05, 0.1) is 13.2 Å². The van der Waals surface area contributed by atoms with E-state index in [4.69, 9.17) is 9.47 Å². The zero-order valence-corrected chi connectivity index (χ0v) is 11.4. The van der Waals surface area contributed by atoms with E-state index >= 15 is 0 Å². The highest BCUT2D eigenvalue weighted by molar-refractivity contribution is 5.46. The van der Waals surface area contributed by atoms with Gasteiger partial charge in [-0.25, -0.2) is 0 Å². The monoisotopic (exact) mass is 250 g/mol. The van der Waals surface area contributed by atoms with Crippen molar-refractivity contribution in [2.45, 2.75) is 32.8 Å².